The normalized spacial score (nSPS) is 13.8. The van der Waals surface area contributed by atoms with Crippen molar-refractivity contribution < 1.29 is 8.84 Å². The van der Waals surface area contributed by atoms with Crippen LogP contribution in [0.25, 0.3) is 0 Å². The van der Waals surface area contributed by atoms with Crippen LogP contribution < -0.4 is 0 Å². The Bertz CT molecular complexity index is 526. The van der Waals surface area contributed by atoms with Crippen LogP contribution in [0.4, 0.5) is 0 Å². The van der Waals surface area contributed by atoms with Crippen LogP contribution in [-0.4, -0.2) is 8.32 Å². The van der Waals surface area contributed by atoms with Crippen molar-refractivity contribution in [2.75, 3.05) is 0 Å². The van der Waals surface area contributed by atoms with Crippen LogP contribution in [0.1, 0.15) is 57.7 Å². The lowest BCUT2D eigenvalue weighted by Gasteiger charge is -2.38. The molecular formula is C19H31BrO2Si. The Morgan fingerprint density at radius 1 is 1.39 bits per heavy atom. The van der Waals surface area contributed by atoms with E-state index in [1.165, 1.54) is 0 Å². The molecule has 0 radical (unpaired) electrons. The molecule has 0 bridgehead atoms. The third-order valence-corrected chi connectivity index (χ3v) is 9.40. The van der Waals surface area contributed by atoms with Crippen LogP contribution >= 0.6 is 15.9 Å². The fraction of sp³-hybridized carbons (Fsp3) is 0.579. The van der Waals surface area contributed by atoms with E-state index in [2.05, 4.69) is 75.1 Å². The average Bonchev–Trinajstić information content (AvgIpc) is 2.88. The SMILES string of the molecule is C=CCCc1ccc(C(CCC(=C)Br)O[Si](C)(C)C(C)(C)C)o1. The lowest BCUT2D eigenvalue weighted by molar-refractivity contribution is 0.147. The molecule has 0 aliphatic carbocycles. The maximum absolute atomic E-state index is 6.62. The van der Waals surface area contributed by atoms with Gasteiger partial charge < -0.3 is 8.84 Å². The summed E-state index contributed by atoms with van der Waals surface area (Å²) in [4.78, 5) is 0. The van der Waals surface area contributed by atoms with Gasteiger partial charge in [0.1, 0.15) is 17.6 Å². The molecule has 1 heterocycles. The molecule has 4 heteroatoms. The van der Waals surface area contributed by atoms with E-state index in [1.807, 2.05) is 6.08 Å². The molecule has 0 saturated heterocycles. The number of hydrogen-bond acceptors (Lipinski definition) is 2. The zero-order valence-electron chi connectivity index (χ0n) is 15.2. The van der Waals surface area contributed by atoms with Gasteiger partial charge in [0.15, 0.2) is 8.32 Å². The van der Waals surface area contributed by atoms with E-state index < -0.39 is 8.32 Å². The Morgan fingerprint density at radius 3 is 2.57 bits per heavy atom. The van der Waals surface area contributed by atoms with Gasteiger partial charge in [0.05, 0.1) is 0 Å². The smallest absolute Gasteiger partial charge is 0.193 e. The number of rotatable bonds is 9. The predicted molar refractivity (Wildman–Crippen MR) is 106 cm³/mol. The number of aryl methyl sites for hydroxylation is 1. The molecule has 2 nitrogen and oxygen atoms in total. The summed E-state index contributed by atoms with van der Waals surface area (Å²) >= 11 is 3.45. The largest absolute Gasteiger partial charge is 0.463 e. The summed E-state index contributed by atoms with van der Waals surface area (Å²) in [5.74, 6) is 1.93. The summed E-state index contributed by atoms with van der Waals surface area (Å²) < 4.78 is 13.7. The van der Waals surface area contributed by atoms with Crippen molar-refractivity contribution in [3.8, 4) is 0 Å². The lowest BCUT2D eigenvalue weighted by atomic mass is 10.1. The molecule has 0 aromatic carbocycles. The van der Waals surface area contributed by atoms with Crippen LogP contribution in [0.2, 0.25) is 18.1 Å². The quantitative estimate of drug-likeness (QED) is 0.325. The lowest BCUT2D eigenvalue weighted by Crippen LogP contribution is -2.41. The number of halogens is 1. The molecule has 1 rings (SSSR count). The summed E-state index contributed by atoms with van der Waals surface area (Å²) in [5, 5.41) is 0.176. The van der Waals surface area contributed by atoms with E-state index in [9.17, 15) is 0 Å². The minimum absolute atomic E-state index is 0.0114. The van der Waals surface area contributed by atoms with E-state index in [4.69, 9.17) is 8.84 Å². The van der Waals surface area contributed by atoms with Crippen molar-refractivity contribution >= 4 is 24.2 Å². The molecule has 0 spiro atoms. The van der Waals surface area contributed by atoms with Crippen LogP contribution in [0.15, 0.2) is 40.3 Å². The van der Waals surface area contributed by atoms with Gasteiger partial charge in [-0.05, 0) is 54.0 Å². The second-order valence-electron chi connectivity index (χ2n) is 7.55. The third kappa shape index (κ3) is 6.44. The Labute approximate surface area is 151 Å². The van der Waals surface area contributed by atoms with Gasteiger partial charge in [-0.25, -0.2) is 0 Å². The molecule has 0 saturated carbocycles. The molecule has 130 valence electrons. The molecule has 0 N–H and O–H groups in total. The van der Waals surface area contributed by atoms with Crippen LogP contribution in [0, 0.1) is 0 Å². The molecule has 1 aromatic heterocycles. The average molecular weight is 399 g/mol. The van der Waals surface area contributed by atoms with Gasteiger partial charge in [0.2, 0.25) is 0 Å². The van der Waals surface area contributed by atoms with E-state index in [1.54, 1.807) is 0 Å². The molecule has 0 aliphatic heterocycles. The fourth-order valence-electron chi connectivity index (χ4n) is 2.03. The molecule has 0 amide bonds. The van der Waals surface area contributed by atoms with Gasteiger partial charge in [0.25, 0.3) is 0 Å². The van der Waals surface area contributed by atoms with E-state index in [-0.39, 0.29) is 11.1 Å². The molecule has 23 heavy (non-hydrogen) atoms. The summed E-state index contributed by atoms with van der Waals surface area (Å²) in [5.41, 5.74) is 0. The first-order valence-corrected chi connectivity index (χ1v) is 12.0. The van der Waals surface area contributed by atoms with Gasteiger partial charge in [-0.1, -0.05) is 49.4 Å². The Hall–Kier alpha value is -0.583. The van der Waals surface area contributed by atoms with E-state index in [0.29, 0.717) is 0 Å². The molecule has 1 unspecified atom stereocenters. The minimum Gasteiger partial charge on any atom is -0.463 e. The van der Waals surface area contributed by atoms with Crippen molar-refractivity contribution in [3.63, 3.8) is 0 Å². The highest BCUT2D eigenvalue weighted by atomic mass is 79.9. The molecular weight excluding hydrogens is 368 g/mol. The molecule has 0 aliphatic rings. The third-order valence-electron chi connectivity index (χ3n) is 4.52. The first-order chi connectivity index (χ1) is 10.6. The van der Waals surface area contributed by atoms with Gasteiger partial charge in [-0.3, -0.25) is 0 Å². The second kappa shape index (κ2) is 8.50. The van der Waals surface area contributed by atoms with E-state index >= 15 is 0 Å². The van der Waals surface area contributed by atoms with Gasteiger partial charge in [-0.2, -0.15) is 0 Å². The standard InChI is InChI=1S/C19H31BrO2Si/c1-8-9-10-16-12-14-17(21-16)18(13-11-15(2)20)22-23(6,7)19(3,4)5/h8,12,14,18H,1-2,9-11,13H2,3-7H3. The predicted octanol–water partition coefficient (Wildman–Crippen LogP) is 7.15. The number of hydrogen-bond donors (Lipinski definition) is 0. The monoisotopic (exact) mass is 398 g/mol. The second-order valence-corrected chi connectivity index (χ2v) is 13.4. The Morgan fingerprint density at radius 2 is 2.04 bits per heavy atom. The van der Waals surface area contributed by atoms with Crippen molar-refractivity contribution in [1.29, 1.82) is 0 Å². The first-order valence-electron chi connectivity index (χ1n) is 8.27. The van der Waals surface area contributed by atoms with Crippen molar-refractivity contribution in [2.45, 2.75) is 70.7 Å². The number of allylic oxidation sites excluding steroid dienone is 2. The van der Waals surface area contributed by atoms with Crippen LogP contribution in [-0.2, 0) is 10.8 Å². The summed E-state index contributed by atoms with van der Waals surface area (Å²) in [6.45, 7) is 19.1. The summed E-state index contributed by atoms with van der Waals surface area (Å²) in [6.07, 6.45) is 5.48. The maximum atomic E-state index is 6.62. The first kappa shape index (κ1) is 20.5. The van der Waals surface area contributed by atoms with Crippen molar-refractivity contribution in [3.05, 3.63) is 47.4 Å². The zero-order valence-corrected chi connectivity index (χ0v) is 17.8. The van der Waals surface area contributed by atoms with E-state index in [0.717, 1.165) is 41.7 Å². The van der Waals surface area contributed by atoms with Gasteiger partial charge >= 0.3 is 0 Å². The molecule has 0 fully saturated rings. The Balaban J connectivity index is 2.93. The minimum atomic E-state index is -1.86. The van der Waals surface area contributed by atoms with Crippen LogP contribution in [0.3, 0.4) is 0 Å². The van der Waals surface area contributed by atoms with Crippen LogP contribution in [0.5, 0.6) is 0 Å². The zero-order chi connectivity index (χ0) is 17.7. The van der Waals surface area contributed by atoms with Gasteiger partial charge in [0, 0.05) is 6.42 Å². The highest BCUT2D eigenvalue weighted by Crippen LogP contribution is 2.41. The summed E-state index contributed by atoms with van der Waals surface area (Å²) in [6, 6.07) is 4.12. The molecule has 1 aromatic rings. The van der Waals surface area contributed by atoms with Crippen molar-refractivity contribution in [2.24, 2.45) is 0 Å². The van der Waals surface area contributed by atoms with Gasteiger partial charge in [-0.15, -0.1) is 6.58 Å². The van der Waals surface area contributed by atoms with Crippen molar-refractivity contribution in [1.82, 2.24) is 0 Å². The highest BCUT2D eigenvalue weighted by Gasteiger charge is 2.40. The fourth-order valence-corrected chi connectivity index (χ4v) is 3.55. The molecule has 1 atom stereocenters. The maximum Gasteiger partial charge on any atom is 0.193 e. The Kier molecular flexibility index (Phi) is 7.56. The summed E-state index contributed by atoms with van der Waals surface area (Å²) in [7, 11) is -1.86. The highest BCUT2D eigenvalue weighted by molar-refractivity contribution is 9.11. The topological polar surface area (TPSA) is 22.4 Å². The number of furan rings is 1.